The Morgan fingerprint density at radius 1 is 1.40 bits per heavy atom. The van der Waals surface area contributed by atoms with Gasteiger partial charge in [-0.2, -0.15) is 0 Å². The maximum atomic E-state index is 5.12. The molecule has 32 valence electrons. The second kappa shape index (κ2) is 3.83. The van der Waals surface area contributed by atoms with Crippen molar-refractivity contribution in [3.63, 3.8) is 0 Å². The highest BCUT2D eigenvalue weighted by molar-refractivity contribution is 8.78. The first-order chi connectivity index (χ1) is 2.27. The maximum Gasteiger partial charge on any atom is 0.160 e. The predicted octanol–water partition coefficient (Wildman–Crippen LogP) is 3.58. The minimum atomic E-state index is -0.972. The highest BCUT2D eigenvalue weighted by Crippen LogP contribution is 2.61. The zero-order valence-electron chi connectivity index (χ0n) is 1.99. The fraction of sp³-hybridized carbons (Fsp3) is 0. The van der Waals surface area contributed by atoms with Gasteiger partial charge in [0.15, 0.2) is 5.83 Å². The first kappa shape index (κ1) is 6.65. The van der Waals surface area contributed by atoms with Crippen molar-refractivity contribution in [2.45, 2.75) is 0 Å². The molecule has 0 spiro atoms. The average Bonchev–Trinajstić information content (AvgIpc) is 1.38. The van der Waals surface area contributed by atoms with Crippen LogP contribution in [-0.2, 0) is 0 Å². The molecule has 0 saturated heterocycles. The highest BCUT2D eigenvalue weighted by Gasteiger charge is 1.90. The lowest BCUT2D eigenvalue weighted by atomic mass is 30.1. The van der Waals surface area contributed by atoms with Gasteiger partial charge in [0.1, 0.15) is 0 Å². The molecule has 0 aliphatic heterocycles. The molecule has 5 heteroatoms. The number of rotatable bonds is 1. The van der Waals surface area contributed by atoms with E-state index in [1.54, 1.807) is 0 Å². The zero-order valence-corrected chi connectivity index (χ0v) is 5.97. The fourth-order valence-electron chi connectivity index (χ4n) is 0. The predicted molar refractivity (Wildman–Crippen MR) is 32.1 cm³/mol. The van der Waals surface area contributed by atoms with E-state index in [0.29, 0.717) is 0 Å². The van der Waals surface area contributed by atoms with E-state index in [0.717, 1.165) is 10.6 Å². The van der Waals surface area contributed by atoms with Gasteiger partial charge in [0.05, 0.1) is 0 Å². The van der Waals surface area contributed by atoms with Gasteiger partial charge in [-0.15, -0.1) is 0 Å². The number of halogens is 3. The second-order valence-electron chi connectivity index (χ2n) is 0.271. The van der Waals surface area contributed by atoms with E-state index < -0.39 is 5.83 Å². The van der Waals surface area contributed by atoms with Gasteiger partial charge in [-0.3, -0.25) is 0 Å². The summed E-state index contributed by atoms with van der Waals surface area (Å²) < 4.78 is 0. The Morgan fingerprint density at radius 2 is 1.60 bits per heavy atom. The Kier molecular flexibility index (Phi) is 5.09. The Morgan fingerprint density at radius 3 is 1.60 bits per heavy atom. The molecule has 0 amide bonds. The highest BCUT2D eigenvalue weighted by atomic mass is 35.9. The van der Waals surface area contributed by atoms with Crippen LogP contribution in [0.25, 0.3) is 0 Å². The van der Waals surface area contributed by atoms with Crippen molar-refractivity contribution in [2.75, 3.05) is 0 Å². The number of hydrogen-bond acceptors (Lipinski definition) is 1. The molecule has 0 aromatic carbocycles. The molecule has 0 rings (SSSR count). The molecule has 0 fully saturated rings. The van der Waals surface area contributed by atoms with Crippen LogP contribution in [0.5, 0.6) is 0 Å². The van der Waals surface area contributed by atoms with Gasteiger partial charge in [-0.1, -0.05) is 22.5 Å². The van der Waals surface area contributed by atoms with E-state index in [4.69, 9.17) is 33.2 Å². The van der Waals surface area contributed by atoms with Crippen LogP contribution in [0.3, 0.4) is 0 Å². The Hall–Kier alpha value is 1.65. The minimum Gasteiger partial charge on any atom is -0.0643 e. The molecule has 0 bridgehead atoms. The van der Waals surface area contributed by atoms with Gasteiger partial charge < -0.3 is 0 Å². The fourth-order valence-corrected chi connectivity index (χ4v) is 0. The van der Waals surface area contributed by atoms with Crippen molar-refractivity contribution in [1.82, 2.24) is 0 Å². The van der Waals surface area contributed by atoms with Crippen LogP contribution in [0.15, 0.2) is 0 Å². The first-order valence-electron chi connectivity index (χ1n) is 0.675. The summed E-state index contributed by atoms with van der Waals surface area (Å²) in [6.45, 7) is 0. The molecular formula is Cl3PS. The van der Waals surface area contributed by atoms with E-state index >= 15 is 0 Å². The van der Waals surface area contributed by atoms with Crippen LogP contribution < -0.4 is 0 Å². The van der Waals surface area contributed by atoms with Gasteiger partial charge in [0.2, 0.25) is 0 Å². The molecular weight excluding hydrogens is 169 g/mol. The third kappa shape index (κ3) is 5.65. The van der Waals surface area contributed by atoms with Crippen molar-refractivity contribution in [2.24, 2.45) is 0 Å². The Balaban J connectivity index is 2.54. The lowest BCUT2D eigenvalue weighted by Gasteiger charge is -1.80. The summed E-state index contributed by atoms with van der Waals surface area (Å²) in [5.41, 5.74) is 0. The van der Waals surface area contributed by atoms with E-state index in [1.165, 1.54) is 0 Å². The van der Waals surface area contributed by atoms with Crippen molar-refractivity contribution >= 4 is 49.6 Å². The monoisotopic (exact) mass is 168 g/mol. The normalized spacial score (nSPS) is 9.60. The summed E-state index contributed by atoms with van der Waals surface area (Å²) >= 11 is 10.2. The van der Waals surface area contributed by atoms with Crippen LogP contribution in [0, 0.1) is 0 Å². The van der Waals surface area contributed by atoms with Crippen LogP contribution >= 0.6 is 49.6 Å². The third-order valence-corrected chi connectivity index (χ3v) is 4.23. The van der Waals surface area contributed by atoms with Crippen LogP contribution in [0.4, 0.5) is 0 Å². The summed E-state index contributed by atoms with van der Waals surface area (Å²) in [6.07, 6.45) is 0. The van der Waals surface area contributed by atoms with Crippen molar-refractivity contribution < 1.29 is 0 Å². The largest absolute Gasteiger partial charge is 0.160 e. The minimum absolute atomic E-state index is 0.948. The lowest BCUT2D eigenvalue weighted by Crippen LogP contribution is -1.10. The molecule has 0 aliphatic rings. The Bertz CT molecular complexity index is 20.9. The van der Waals surface area contributed by atoms with Gasteiger partial charge >= 0.3 is 0 Å². The van der Waals surface area contributed by atoms with E-state index in [2.05, 4.69) is 0 Å². The third-order valence-electron chi connectivity index (χ3n) is 0.0522. The van der Waals surface area contributed by atoms with Crippen LogP contribution in [0.2, 0.25) is 0 Å². The summed E-state index contributed by atoms with van der Waals surface area (Å²) in [4.78, 5) is 0. The van der Waals surface area contributed by atoms with Crippen molar-refractivity contribution in [3.8, 4) is 0 Å². The molecule has 0 nitrogen and oxygen atoms in total. The zero-order chi connectivity index (χ0) is 4.28. The second-order valence-corrected chi connectivity index (χ2v) is 7.31. The van der Waals surface area contributed by atoms with Crippen molar-refractivity contribution in [1.29, 1.82) is 0 Å². The first-order valence-corrected chi connectivity index (χ1v) is 6.07. The molecule has 0 aromatic heterocycles. The standard InChI is InChI=1S/Cl3PS/c1-4(2)5-3. The molecule has 5 heavy (non-hydrogen) atoms. The van der Waals surface area contributed by atoms with E-state index in [-0.39, 0.29) is 0 Å². The molecule has 0 radical (unpaired) electrons. The lowest BCUT2D eigenvalue weighted by molar-refractivity contribution is 4.70. The van der Waals surface area contributed by atoms with Crippen molar-refractivity contribution in [3.05, 3.63) is 0 Å². The van der Waals surface area contributed by atoms with Gasteiger partial charge in [-0.05, 0) is 10.7 Å². The topological polar surface area (TPSA) is 0 Å². The summed E-state index contributed by atoms with van der Waals surface area (Å²) in [6, 6.07) is 0. The SMILES string of the molecule is ClSP(Cl)Cl. The summed E-state index contributed by atoms with van der Waals surface area (Å²) in [7, 11) is 5.97. The van der Waals surface area contributed by atoms with Gasteiger partial charge in [0, 0.05) is 10.6 Å². The molecule has 0 saturated carbocycles. The molecule has 0 atom stereocenters. The molecule has 0 aliphatic carbocycles. The van der Waals surface area contributed by atoms with Crippen LogP contribution in [0.1, 0.15) is 0 Å². The average molecular weight is 169 g/mol. The number of hydrogen-bond donors (Lipinski definition) is 0. The maximum absolute atomic E-state index is 5.12. The summed E-state index contributed by atoms with van der Waals surface area (Å²) in [5.74, 6) is -0.972. The smallest absolute Gasteiger partial charge is 0.0643 e. The quantitative estimate of drug-likeness (QED) is 0.541. The molecule has 0 N–H and O–H groups in total. The summed E-state index contributed by atoms with van der Waals surface area (Å²) in [5, 5.41) is 0. The van der Waals surface area contributed by atoms with E-state index in [9.17, 15) is 0 Å². The van der Waals surface area contributed by atoms with Gasteiger partial charge in [0.25, 0.3) is 0 Å². The van der Waals surface area contributed by atoms with Crippen LogP contribution in [-0.4, -0.2) is 0 Å². The molecule has 0 aromatic rings. The van der Waals surface area contributed by atoms with E-state index in [1.807, 2.05) is 0 Å². The molecule has 0 unspecified atom stereocenters. The Labute approximate surface area is 49.7 Å². The van der Waals surface area contributed by atoms with Gasteiger partial charge in [-0.25, -0.2) is 0 Å². The molecule has 0 heterocycles.